The Bertz CT molecular complexity index is 583. The molecule has 0 aliphatic rings. The van der Waals surface area contributed by atoms with Crippen molar-refractivity contribution < 1.29 is 4.79 Å². The Balaban J connectivity index is 1.76. The zero-order chi connectivity index (χ0) is 14.4. The van der Waals surface area contributed by atoms with Crippen molar-refractivity contribution in [1.82, 2.24) is 0 Å². The van der Waals surface area contributed by atoms with Crippen LogP contribution >= 0.6 is 27.7 Å². The quantitative estimate of drug-likeness (QED) is 0.852. The van der Waals surface area contributed by atoms with Crippen LogP contribution in [-0.2, 0) is 10.5 Å². The number of hydrogen-bond acceptors (Lipinski definition) is 2. The molecular formula is C16H16BrNOS. The van der Waals surface area contributed by atoms with Crippen molar-refractivity contribution in [3.63, 3.8) is 0 Å². The van der Waals surface area contributed by atoms with E-state index in [1.54, 1.807) is 11.8 Å². The van der Waals surface area contributed by atoms with Crippen LogP contribution in [0, 0.1) is 6.92 Å². The molecule has 2 nitrogen and oxygen atoms in total. The molecule has 0 saturated carbocycles. The molecule has 1 amide bonds. The van der Waals surface area contributed by atoms with Gasteiger partial charge in [0, 0.05) is 15.9 Å². The fourth-order valence-corrected chi connectivity index (χ4v) is 2.94. The highest BCUT2D eigenvalue weighted by Crippen LogP contribution is 2.17. The number of halogens is 1. The highest BCUT2D eigenvalue weighted by Gasteiger charge is 2.03. The molecule has 0 radical (unpaired) electrons. The van der Waals surface area contributed by atoms with Gasteiger partial charge in [0.2, 0.25) is 5.91 Å². The number of carbonyl (C=O) groups excluding carboxylic acids is 1. The van der Waals surface area contributed by atoms with E-state index in [0.717, 1.165) is 15.9 Å². The summed E-state index contributed by atoms with van der Waals surface area (Å²) in [6, 6.07) is 16.0. The van der Waals surface area contributed by atoms with E-state index in [0.29, 0.717) is 5.75 Å². The first-order chi connectivity index (χ1) is 9.63. The van der Waals surface area contributed by atoms with E-state index in [-0.39, 0.29) is 5.91 Å². The Hall–Kier alpha value is -1.26. The molecule has 0 atom stereocenters. The monoisotopic (exact) mass is 349 g/mol. The Morgan fingerprint density at radius 1 is 1.20 bits per heavy atom. The van der Waals surface area contributed by atoms with Crippen LogP contribution in [0.4, 0.5) is 5.69 Å². The summed E-state index contributed by atoms with van der Waals surface area (Å²) in [7, 11) is 0. The van der Waals surface area contributed by atoms with E-state index in [2.05, 4.69) is 33.4 Å². The van der Waals surface area contributed by atoms with Gasteiger partial charge in [0.05, 0.1) is 5.75 Å². The number of carbonyl (C=O) groups is 1. The molecule has 2 aromatic rings. The van der Waals surface area contributed by atoms with Crippen LogP contribution in [0.2, 0.25) is 0 Å². The molecule has 2 rings (SSSR count). The van der Waals surface area contributed by atoms with Crippen LogP contribution in [0.25, 0.3) is 0 Å². The van der Waals surface area contributed by atoms with Crippen LogP contribution in [0.3, 0.4) is 0 Å². The lowest BCUT2D eigenvalue weighted by atomic mass is 10.2. The van der Waals surface area contributed by atoms with Crippen molar-refractivity contribution in [1.29, 1.82) is 0 Å². The third kappa shape index (κ3) is 5.02. The van der Waals surface area contributed by atoms with Gasteiger partial charge < -0.3 is 5.32 Å². The van der Waals surface area contributed by atoms with Gasteiger partial charge in [0.25, 0.3) is 0 Å². The van der Waals surface area contributed by atoms with Crippen LogP contribution in [0.1, 0.15) is 11.1 Å². The molecule has 0 bridgehead atoms. The third-order valence-electron chi connectivity index (χ3n) is 2.73. The van der Waals surface area contributed by atoms with E-state index in [9.17, 15) is 4.79 Å². The Labute approximate surface area is 132 Å². The second-order valence-corrected chi connectivity index (χ2v) is 6.44. The largest absolute Gasteiger partial charge is 0.325 e. The van der Waals surface area contributed by atoms with Crippen molar-refractivity contribution in [3.8, 4) is 0 Å². The zero-order valence-corrected chi connectivity index (χ0v) is 13.6. The Kier molecular flexibility index (Phi) is 5.68. The number of nitrogens with one attached hydrogen (secondary N) is 1. The van der Waals surface area contributed by atoms with E-state index in [4.69, 9.17) is 0 Å². The molecule has 0 fully saturated rings. The van der Waals surface area contributed by atoms with Crippen molar-refractivity contribution in [2.75, 3.05) is 11.1 Å². The van der Waals surface area contributed by atoms with Gasteiger partial charge >= 0.3 is 0 Å². The normalized spacial score (nSPS) is 10.3. The number of rotatable bonds is 5. The number of anilines is 1. The molecule has 0 spiro atoms. The summed E-state index contributed by atoms with van der Waals surface area (Å²) >= 11 is 5.06. The molecule has 0 aliphatic carbocycles. The highest BCUT2D eigenvalue weighted by atomic mass is 79.9. The van der Waals surface area contributed by atoms with Crippen LogP contribution in [-0.4, -0.2) is 11.7 Å². The van der Waals surface area contributed by atoms with E-state index in [1.165, 1.54) is 11.1 Å². The fourth-order valence-electron chi connectivity index (χ4n) is 1.72. The molecule has 104 valence electrons. The average molecular weight is 350 g/mol. The lowest BCUT2D eigenvalue weighted by Crippen LogP contribution is -2.14. The lowest BCUT2D eigenvalue weighted by molar-refractivity contribution is -0.113. The summed E-state index contributed by atoms with van der Waals surface area (Å²) in [4.78, 5) is 11.8. The summed E-state index contributed by atoms with van der Waals surface area (Å²) in [5, 5.41) is 2.90. The van der Waals surface area contributed by atoms with Gasteiger partial charge in [-0.1, -0.05) is 45.8 Å². The minimum absolute atomic E-state index is 0.0360. The van der Waals surface area contributed by atoms with E-state index < -0.39 is 0 Å². The van der Waals surface area contributed by atoms with Crippen molar-refractivity contribution in [3.05, 3.63) is 64.1 Å². The van der Waals surface area contributed by atoms with Gasteiger partial charge in [-0.15, -0.1) is 11.8 Å². The molecule has 0 saturated heterocycles. The van der Waals surface area contributed by atoms with Gasteiger partial charge in [-0.3, -0.25) is 4.79 Å². The maximum absolute atomic E-state index is 11.8. The summed E-state index contributed by atoms with van der Waals surface area (Å²) < 4.78 is 1.07. The predicted molar refractivity (Wildman–Crippen MR) is 90.1 cm³/mol. The molecule has 0 aliphatic heterocycles. The predicted octanol–water partition coefficient (Wildman–Crippen LogP) is 4.63. The Morgan fingerprint density at radius 3 is 2.65 bits per heavy atom. The minimum atomic E-state index is 0.0360. The number of thioether (sulfide) groups is 1. The third-order valence-corrected chi connectivity index (χ3v) is 4.22. The maximum atomic E-state index is 11.8. The average Bonchev–Trinajstić information content (AvgIpc) is 2.41. The summed E-state index contributed by atoms with van der Waals surface area (Å²) in [5.41, 5.74) is 3.25. The zero-order valence-electron chi connectivity index (χ0n) is 11.2. The summed E-state index contributed by atoms with van der Waals surface area (Å²) in [6.07, 6.45) is 0. The molecule has 1 N–H and O–H groups in total. The first kappa shape index (κ1) is 15.1. The SMILES string of the molecule is Cc1ccc(NC(=O)CSCc2cccc(Br)c2)cc1. The standard InChI is InChI=1S/C16H16BrNOS/c1-12-5-7-15(8-6-12)18-16(19)11-20-10-13-3-2-4-14(17)9-13/h2-9H,10-11H2,1H3,(H,18,19). The van der Waals surface area contributed by atoms with Gasteiger partial charge in [0.15, 0.2) is 0 Å². The number of aryl methyl sites for hydroxylation is 1. The van der Waals surface area contributed by atoms with Crippen LogP contribution in [0.5, 0.6) is 0 Å². The van der Waals surface area contributed by atoms with Gasteiger partial charge in [-0.2, -0.15) is 0 Å². The molecular weight excluding hydrogens is 334 g/mol. The number of amides is 1. The van der Waals surface area contributed by atoms with Gasteiger partial charge in [-0.25, -0.2) is 0 Å². The van der Waals surface area contributed by atoms with E-state index in [1.807, 2.05) is 43.3 Å². The van der Waals surface area contributed by atoms with E-state index >= 15 is 0 Å². The number of benzene rings is 2. The molecule has 20 heavy (non-hydrogen) atoms. The summed E-state index contributed by atoms with van der Waals surface area (Å²) in [6.45, 7) is 2.03. The van der Waals surface area contributed by atoms with Gasteiger partial charge in [0.1, 0.15) is 0 Å². The second-order valence-electron chi connectivity index (χ2n) is 4.54. The number of hydrogen-bond donors (Lipinski definition) is 1. The minimum Gasteiger partial charge on any atom is -0.325 e. The Morgan fingerprint density at radius 2 is 1.95 bits per heavy atom. The highest BCUT2D eigenvalue weighted by molar-refractivity contribution is 9.10. The maximum Gasteiger partial charge on any atom is 0.234 e. The van der Waals surface area contributed by atoms with Crippen molar-refractivity contribution in [2.24, 2.45) is 0 Å². The van der Waals surface area contributed by atoms with Crippen molar-refractivity contribution >= 4 is 39.3 Å². The molecule has 0 unspecified atom stereocenters. The molecule has 0 aromatic heterocycles. The fraction of sp³-hybridized carbons (Fsp3) is 0.188. The topological polar surface area (TPSA) is 29.1 Å². The molecule has 2 aromatic carbocycles. The van der Waals surface area contributed by atoms with Crippen molar-refractivity contribution in [2.45, 2.75) is 12.7 Å². The molecule has 0 heterocycles. The first-order valence-electron chi connectivity index (χ1n) is 6.32. The smallest absolute Gasteiger partial charge is 0.234 e. The second kappa shape index (κ2) is 7.50. The van der Waals surface area contributed by atoms with Gasteiger partial charge in [-0.05, 0) is 36.8 Å². The van der Waals surface area contributed by atoms with Crippen LogP contribution in [0.15, 0.2) is 53.0 Å². The lowest BCUT2D eigenvalue weighted by Gasteiger charge is -2.06. The summed E-state index contributed by atoms with van der Waals surface area (Å²) in [5.74, 6) is 1.33. The molecule has 4 heteroatoms. The van der Waals surface area contributed by atoms with Crippen LogP contribution < -0.4 is 5.32 Å². The first-order valence-corrected chi connectivity index (χ1v) is 8.27.